The Hall–Kier alpha value is -1.79. The van der Waals surface area contributed by atoms with Crippen LogP contribution in [0.5, 0.6) is 0 Å². The number of carbonyl (C=O) groups is 1. The Labute approximate surface area is 102 Å². The summed E-state index contributed by atoms with van der Waals surface area (Å²) in [4.78, 5) is 11.5. The summed E-state index contributed by atoms with van der Waals surface area (Å²) in [7, 11) is 0. The first-order valence-corrected chi connectivity index (χ1v) is 5.97. The van der Waals surface area contributed by atoms with Gasteiger partial charge in [-0.25, -0.2) is 0 Å². The molecule has 88 valence electrons. The van der Waals surface area contributed by atoms with Crippen LogP contribution in [0.4, 0.5) is 0 Å². The first-order chi connectivity index (χ1) is 8.22. The molecule has 0 radical (unpaired) electrons. The van der Waals surface area contributed by atoms with Crippen LogP contribution in [0.1, 0.15) is 35.6 Å². The maximum atomic E-state index is 11.5. The predicted octanol–water partition coefficient (Wildman–Crippen LogP) is 2.83. The third kappa shape index (κ3) is 2.48. The van der Waals surface area contributed by atoms with Crippen molar-refractivity contribution in [3.05, 3.63) is 53.3 Å². The zero-order valence-electron chi connectivity index (χ0n) is 10.1. The third-order valence-corrected chi connectivity index (χ3v) is 3.29. The van der Waals surface area contributed by atoms with Crippen molar-refractivity contribution in [3.63, 3.8) is 0 Å². The monoisotopic (exact) mass is 227 g/mol. The summed E-state index contributed by atoms with van der Waals surface area (Å²) in [6.45, 7) is 5.54. The maximum Gasteiger partial charge on any atom is 0.252 e. The van der Waals surface area contributed by atoms with Crippen LogP contribution in [0.3, 0.4) is 0 Å². The summed E-state index contributed by atoms with van der Waals surface area (Å²) >= 11 is 0. The van der Waals surface area contributed by atoms with Crippen LogP contribution in [-0.4, -0.2) is 5.91 Å². The fourth-order valence-corrected chi connectivity index (χ4v) is 2.49. The molecule has 0 aliphatic heterocycles. The van der Waals surface area contributed by atoms with Gasteiger partial charge in [-0.3, -0.25) is 4.79 Å². The molecule has 0 saturated carbocycles. The number of fused-ring (bicyclic) bond motifs is 1. The van der Waals surface area contributed by atoms with Crippen LogP contribution in [-0.2, 0) is 11.2 Å². The minimum Gasteiger partial charge on any atom is -0.345 e. The Morgan fingerprint density at radius 2 is 2.41 bits per heavy atom. The fraction of sp³-hybridized carbons (Fsp3) is 0.333. The van der Waals surface area contributed by atoms with E-state index in [-0.39, 0.29) is 11.9 Å². The van der Waals surface area contributed by atoms with Crippen molar-refractivity contribution < 1.29 is 4.79 Å². The summed E-state index contributed by atoms with van der Waals surface area (Å²) in [5, 5.41) is 3.01. The minimum absolute atomic E-state index is 0.112. The second kappa shape index (κ2) is 5.03. The molecule has 1 N–H and O–H groups in total. The molecular weight excluding hydrogens is 210 g/mol. The maximum absolute atomic E-state index is 11.5. The van der Waals surface area contributed by atoms with E-state index in [1.165, 1.54) is 22.8 Å². The van der Waals surface area contributed by atoms with Crippen LogP contribution in [0.2, 0.25) is 0 Å². The van der Waals surface area contributed by atoms with E-state index < -0.39 is 0 Å². The first kappa shape index (κ1) is 11.7. The summed E-state index contributed by atoms with van der Waals surface area (Å²) in [6.07, 6.45) is 4.60. The van der Waals surface area contributed by atoms with E-state index >= 15 is 0 Å². The van der Waals surface area contributed by atoms with E-state index in [1.807, 2.05) is 0 Å². The minimum atomic E-state index is -0.112. The number of rotatable bonds is 2. The van der Waals surface area contributed by atoms with Crippen LogP contribution in [0.15, 0.2) is 36.6 Å². The zero-order chi connectivity index (χ0) is 12.3. The molecule has 1 aliphatic carbocycles. The Balaban J connectivity index is 2.26. The van der Waals surface area contributed by atoms with Crippen LogP contribution in [0, 0.1) is 6.92 Å². The number of carbonyl (C=O) groups excluding carboxylic acids is 1. The molecule has 2 rings (SSSR count). The summed E-state index contributed by atoms with van der Waals surface area (Å²) in [5.41, 5.74) is 6.49. The average molecular weight is 227 g/mol. The number of hydrogen-bond acceptors (Lipinski definition) is 1. The summed E-state index contributed by atoms with van der Waals surface area (Å²) in [5.74, 6) is -0.112. The summed E-state index contributed by atoms with van der Waals surface area (Å²) in [6, 6.07) is 6.44. The molecular formula is C15H17NO. The van der Waals surface area contributed by atoms with Gasteiger partial charge in [-0.1, -0.05) is 24.8 Å². The molecule has 2 nitrogen and oxygen atoms in total. The molecule has 17 heavy (non-hydrogen) atoms. The number of aryl methyl sites for hydroxylation is 1. The molecule has 1 atom stereocenters. The van der Waals surface area contributed by atoms with Crippen LogP contribution < -0.4 is 5.32 Å². The Kier molecular flexibility index (Phi) is 3.46. The van der Waals surface area contributed by atoms with E-state index in [1.54, 1.807) is 0 Å². The quantitative estimate of drug-likeness (QED) is 0.611. The molecule has 2 heteroatoms. The molecule has 0 aromatic heterocycles. The van der Waals surface area contributed by atoms with Crippen molar-refractivity contribution in [2.45, 2.75) is 32.2 Å². The van der Waals surface area contributed by atoms with Crippen LogP contribution >= 0.6 is 0 Å². The van der Waals surface area contributed by atoms with Gasteiger partial charge in [0.25, 0.3) is 5.91 Å². The molecule has 1 unspecified atom stereocenters. The molecule has 1 aromatic rings. The van der Waals surface area contributed by atoms with E-state index in [4.69, 9.17) is 0 Å². The Morgan fingerprint density at radius 1 is 1.59 bits per heavy atom. The number of hydrogen-bond donors (Lipinski definition) is 1. The lowest BCUT2D eigenvalue weighted by Crippen LogP contribution is -2.29. The molecule has 0 fully saturated rings. The molecule has 0 bridgehead atoms. The van der Waals surface area contributed by atoms with Crippen molar-refractivity contribution in [2.75, 3.05) is 0 Å². The fourth-order valence-electron chi connectivity index (χ4n) is 2.49. The van der Waals surface area contributed by atoms with Crippen LogP contribution in [0.25, 0.3) is 0 Å². The highest BCUT2D eigenvalue weighted by atomic mass is 16.1. The Morgan fingerprint density at radius 3 is 3.18 bits per heavy atom. The van der Waals surface area contributed by atoms with Crippen molar-refractivity contribution in [2.24, 2.45) is 0 Å². The molecule has 0 heterocycles. The largest absolute Gasteiger partial charge is 0.345 e. The molecule has 0 saturated heterocycles. The van der Waals surface area contributed by atoms with E-state index in [0.29, 0.717) is 0 Å². The highest BCUT2D eigenvalue weighted by Crippen LogP contribution is 2.31. The highest BCUT2D eigenvalue weighted by Gasteiger charge is 2.21. The topological polar surface area (TPSA) is 29.1 Å². The smallest absolute Gasteiger partial charge is 0.252 e. The Bertz CT molecular complexity index is 484. The van der Waals surface area contributed by atoms with Crippen molar-refractivity contribution in [1.82, 2.24) is 5.32 Å². The lowest BCUT2D eigenvalue weighted by Gasteiger charge is -2.27. The van der Waals surface area contributed by atoms with Gasteiger partial charge in [-0.05, 0) is 42.9 Å². The lowest BCUT2D eigenvalue weighted by atomic mass is 9.85. The number of benzene rings is 1. The van der Waals surface area contributed by atoms with E-state index in [2.05, 4.69) is 42.7 Å². The standard InChI is InChI=1S/C15H17NO/c1-3-6-15(17)16-14-10-5-8-12-11(2)7-4-9-13(12)14/h4,6-7,9,14H,1,5,8,10H2,2H3,(H,16,17). The number of nitrogens with one attached hydrogen (secondary N) is 1. The SMILES string of the molecule is C=C=CC(=O)NC1CCCc2c(C)cccc21. The van der Waals surface area contributed by atoms with E-state index in [9.17, 15) is 4.79 Å². The first-order valence-electron chi connectivity index (χ1n) is 5.97. The second-order valence-corrected chi connectivity index (χ2v) is 4.44. The van der Waals surface area contributed by atoms with Crippen molar-refractivity contribution in [1.29, 1.82) is 0 Å². The van der Waals surface area contributed by atoms with Crippen molar-refractivity contribution in [3.8, 4) is 0 Å². The molecule has 1 aliphatic rings. The molecule has 0 spiro atoms. The number of amides is 1. The van der Waals surface area contributed by atoms with Gasteiger partial charge in [-0.2, -0.15) is 0 Å². The predicted molar refractivity (Wildman–Crippen MR) is 68.7 cm³/mol. The zero-order valence-corrected chi connectivity index (χ0v) is 10.1. The molecule has 1 amide bonds. The summed E-state index contributed by atoms with van der Waals surface area (Å²) < 4.78 is 0. The average Bonchev–Trinajstić information content (AvgIpc) is 2.31. The molecule has 1 aromatic carbocycles. The normalized spacial score (nSPS) is 17.8. The third-order valence-electron chi connectivity index (χ3n) is 3.29. The second-order valence-electron chi connectivity index (χ2n) is 4.44. The van der Waals surface area contributed by atoms with Gasteiger partial charge in [0.1, 0.15) is 0 Å². The van der Waals surface area contributed by atoms with Gasteiger partial charge < -0.3 is 5.32 Å². The highest BCUT2D eigenvalue weighted by molar-refractivity contribution is 5.87. The van der Waals surface area contributed by atoms with Gasteiger partial charge in [0, 0.05) is 6.08 Å². The van der Waals surface area contributed by atoms with E-state index in [0.717, 1.165) is 19.3 Å². The van der Waals surface area contributed by atoms with Gasteiger partial charge in [0.2, 0.25) is 0 Å². The van der Waals surface area contributed by atoms with Crippen molar-refractivity contribution >= 4 is 5.91 Å². The van der Waals surface area contributed by atoms with Gasteiger partial charge >= 0.3 is 0 Å². The van der Waals surface area contributed by atoms with Gasteiger partial charge in [0.15, 0.2) is 0 Å². The van der Waals surface area contributed by atoms with Gasteiger partial charge in [-0.15, -0.1) is 5.73 Å². The van der Waals surface area contributed by atoms with Gasteiger partial charge in [0.05, 0.1) is 6.04 Å². The lowest BCUT2D eigenvalue weighted by molar-refractivity contribution is -0.117.